The number of carboxylic acids is 1. The molecule has 1 atom stereocenters. The molecule has 0 aliphatic rings. The zero-order valence-corrected chi connectivity index (χ0v) is 11.1. The van der Waals surface area contributed by atoms with Crippen LogP contribution >= 0.6 is 0 Å². The minimum Gasteiger partial charge on any atom is -0.508 e. The van der Waals surface area contributed by atoms with Crippen LogP contribution in [0.2, 0.25) is 0 Å². The highest BCUT2D eigenvalue weighted by Gasteiger charge is 2.13. The molecular formula is C15H15NO5. The summed E-state index contributed by atoms with van der Waals surface area (Å²) in [7, 11) is 0. The fourth-order valence-electron chi connectivity index (χ4n) is 1.76. The molecule has 6 heteroatoms. The third-order valence-corrected chi connectivity index (χ3v) is 2.86. The van der Waals surface area contributed by atoms with Crippen LogP contribution in [0.15, 0.2) is 42.5 Å². The van der Waals surface area contributed by atoms with E-state index in [9.17, 15) is 15.0 Å². The number of phenols is 2. The predicted octanol–water partition coefficient (Wildman–Crippen LogP) is 1.84. The normalized spacial score (nSPS) is 11.9. The lowest BCUT2D eigenvalue weighted by atomic mass is 10.1. The third-order valence-electron chi connectivity index (χ3n) is 2.86. The Morgan fingerprint density at radius 2 is 1.81 bits per heavy atom. The van der Waals surface area contributed by atoms with Gasteiger partial charge in [-0.05, 0) is 48.4 Å². The second-order valence-electron chi connectivity index (χ2n) is 4.55. The topological polar surface area (TPSA) is 113 Å². The minimum atomic E-state index is -1.10. The molecule has 0 saturated carbocycles. The number of carbonyl (C=O) groups is 1. The van der Waals surface area contributed by atoms with Crippen LogP contribution in [0.3, 0.4) is 0 Å². The van der Waals surface area contributed by atoms with E-state index in [0.717, 1.165) is 0 Å². The number of benzene rings is 2. The molecule has 2 rings (SSSR count). The summed E-state index contributed by atoms with van der Waals surface area (Å²) in [6.07, 6.45) is 0.113. The van der Waals surface area contributed by atoms with Crippen molar-refractivity contribution in [1.29, 1.82) is 0 Å². The average Bonchev–Trinajstić information content (AvgIpc) is 2.44. The van der Waals surface area contributed by atoms with Crippen LogP contribution in [0, 0.1) is 0 Å². The van der Waals surface area contributed by atoms with Crippen molar-refractivity contribution in [2.75, 3.05) is 0 Å². The molecule has 0 amide bonds. The van der Waals surface area contributed by atoms with Gasteiger partial charge in [0.2, 0.25) is 0 Å². The van der Waals surface area contributed by atoms with Crippen molar-refractivity contribution in [2.24, 2.45) is 5.73 Å². The lowest BCUT2D eigenvalue weighted by Crippen LogP contribution is -2.32. The van der Waals surface area contributed by atoms with Crippen LogP contribution in [0.5, 0.6) is 23.0 Å². The quantitative estimate of drug-likeness (QED) is 0.668. The molecular weight excluding hydrogens is 274 g/mol. The molecule has 0 aromatic heterocycles. The van der Waals surface area contributed by atoms with Crippen LogP contribution in [-0.2, 0) is 11.2 Å². The van der Waals surface area contributed by atoms with E-state index in [0.29, 0.717) is 11.3 Å². The number of phenolic OH excluding ortho intramolecular Hbond substituents is 2. The number of hydrogen-bond acceptors (Lipinski definition) is 5. The van der Waals surface area contributed by atoms with Gasteiger partial charge in [-0.2, -0.15) is 0 Å². The summed E-state index contributed by atoms with van der Waals surface area (Å²) in [5.41, 5.74) is 6.04. The van der Waals surface area contributed by atoms with Gasteiger partial charge in [0, 0.05) is 0 Å². The third kappa shape index (κ3) is 3.87. The van der Waals surface area contributed by atoms with Crippen molar-refractivity contribution < 1.29 is 24.9 Å². The molecule has 0 radical (unpaired) electrons. The zero-order valence-electron chi connectivity index (χ0n) is 11.1. The predicted molar refractivity (Wildman–Crippen MR) is 75.6 cm³/mol. The smallest absolute Gasteiger partial charge is 0.320 e. The standard InChI is InChI=1S/C15H15NO5/c16-12(15(19)20)7-9-1-6-14(13(18)8-9)21-11-4-2-10(17)3-5-11/h1-6,8,12,17-18H,7,16H2,(H,19,20). The van der Waals surface area contributed by atoms with Crippen molar-refractivity contribution >= 4 is 5.97 Å². The number of hydrogen-bond donors (Lipinski definition) is 4. The monoisotopic (exact) mass is 289 g/mol. The Morgan fingerprint density at radius 1 is 1.14 bits per heavy atom. The van der Waals surface area contributed by atoms with Gasteiger partial charge >= 0.3 is 5.97 Å². The van der Waals surface area contributed by atoms with E-state index in [1.807, 2.05) is 0 Å². The average molecular weight is 289 g/mol. The van der Waals surface area contributed by atoms with Crippen molar-refractivity contribution in [3.05, 3.63) is 48.0 Å². The molecule has 6 nitrogen and oxygen atoms in total. The largest absolute Gasteiger partial charge is 0.508 e. The van der Waals surface area contributed by atoms with Gasteiger partial charge in [-0.25, -0.2) is 0 Å². The fourth-order valence-corrected chi connectivity index (χ4v) is 1.76. The molecule has 2 aromatic rings. The molecule has 0 bridgehead atoms. The molecule has 0 saturated heterocycles. The summed E-state index contributed by atoms with van der Waals surface area (Å²) >= 11 is 0. The molecule has 1 unspecified atom stereocenters. The van der Waals surface area contributed by atoms with E-state index in [1.54, 1.807) is 18.2 Å². The fraction of sp³-hybridized carbons (Fsp3) is 0.133. The summed E-state index contributed by atoms with van der Waals surface area (Å²) in [4.78, 5) is 10.7. The van der Waals surface area contributed by atoms with Crippen molar-refractivity contribution in [1.82, 2.24) is 0 Å². The van der Waals surface area contributed by atoms with Gasteiger partial charge < -0.3 is 25.8 Å². The first kappa shape index (κ1) is 14.7. The number of aliphatic carboxylic acids is 1. The van der Waals surface area contributed by atoms with E-state index in [-0.39, 0.29) is 23.7 Å². The highest BCUT2D eigenvalue weighted by Crippen LogP contribution is 2.32. The number of nitrogens with two attached hydrogens (primary N) is 1. The van der Waals surface area contributed by atoms with Gasteiger partial charge in [-0.15, -0.1) is 0 Å². The molecule has 21 heavy (non-hydrogen) atoms. The summed E-state index contributed by atoms with van der Waals surface area (Å²) in [6.45, 7) is 0. The van der Waals surface area contributed by atoms with Crippen LogP contribution in [-0.4, -0.2) is 27.3 Å². The summed E-state index contributed by atoms with van der Waals surface area (Å²) in [6, 6.07) is 9.61. The van der Waals surface area contributed by atoms with Crippen molar-refractivity contribution in [3.63, 3.8) is 0 Å². The lowest BCUT2D eigenvalue weighted by Gasteiger charge is -2.10. The molecule has 5 N–H and O–H groups in total. The van der Waals surface area contributed by atoms with Crippen molar-refractivity contribution in [3.8, 4) is 23.0 Å². The molecule has 2 aromatic carbocycles. The minimum absolute atomic E-state index is 0.113. The maximum absolute atomic E-state index is 10.7. The van der Waals surface area contributed by atoms with Gasteiger partial charge in [0.05, 0.1) is 0 Å². The lowest BCUT2D eigenvalue weighted by molar-refractivity contribution is -0.138. The van der Waals surface area contributed by atoms with Crippen LogP contribution in [0.1, 0.15) is 5.56 Å². The Labute approximate surface area is 121 Å². The number of aromatic hydroxyl groups is 2. The van der Waals surface area contributed by atoms with Gasteiger partial charge in [0.1, 0.15) is 17.5 Å². The molecule has 0 aliphatic heterocycles. The van der Waals surface area contributed by atoms with E-state index in [1.165, 1.54) is 24.3 Å². The first-order chi connectivity index (χ1) is 9.95. The Bertz CT molecular complexity index is 639. The van der Waals surface area contributed by atoms with Crippen molar-refractivity contribution in [2.45, 2.75) is 12.5 Å². The highest BCUT2D eigenvalue weighted by atomic mass is 16.5. The number of rotatable bonds is 5. The maximum atomic E-state index is 10.7. The Hall–Kier alpha value is -2.73. The second kappa shape index (κ2) is 6.15. The second-order valence-corrected chi connectivity index (χ2v) is 4.55. The van der Waals surface area contributed by atoms with Crippen LogP contribution < -0.4 is 10.5 Å². The van der Waals surface area contributed by atoms with Gasteiger partial charge in [0.15, 0.2) is 11.5 Å². The number of carboxylic acid groups (broad SMARTS) is 1. The molecule has 0 spiro atoms. The first-order valence-corrected chi connectivity index (χ1v) is 6.23. The highest BCUT2D eigenvalue weighted by molar-refractivity contribution is 5.73. The van der Waals surface area contributed by atoms with Crippen LogP contribution in [0.25, 0.3) is 0 Å². The summed E-state index contributed by atoms with van der Waals surface area (Å²) < 4.78 is 5.46. The Kier molecular flexibility index (Phi) is 4.30. The molecule has 110 valence electrons. The molecule has 0 aliphatic carbocycles. The van der Waals surface area contributed by atoms with E-state index in [2.05, 4.69) is 0 Å². The maximum Gasteiger partial charge on any atom is 0.320 e. The van der Waals surface area contributed by atoms with Crippen LogP contribution in [0.4, 0.5) is 0 Å². The van der Waals surface area contributed by atoms with E-state index in [4.69, 9.17) is 15.6 Å². The van der Waals surface area contributed by atoms with Gasteiger partial charge in [-0.3, -0.25) is 4.79 Å². The van der Waals surface area contributed by atoms with E-state index >= 15 is 0 Å². The Morgan fingerprint density at radius 3 is 2.38 bits per heavy atom. The molecule has 0 heterocycles. The zero-order chi connectivity index (χ0) is 15.4. The van der Waals surface area contributed by atoms with E-state index < -0.39 is 12.0 Å². The number of ether oxygens (including phenoxy) is 1. The van der Waals surface area contributed by atoms with Gasteiger partial charge in [0.25, 0.3) is 0 Å². The van der Waals surface area contributed by atoms with Gasteiger partial charge in [-0.1, -0.05) is 6.07 Å². The Balaban J connectivity index is 2.12. The first-order valence-electron chi connectivity index (χ1n) is 6.23. The SMILES string of the molecule is NC(Cc1ccc(Oc2ccc(O)cc2)c(O)c1)C(=O)O. The summed E-state index contributed by atoms with van der Waals surface area (Å²) in [5.74, 6) is -0.409. The summed E-state index contributed by atoms with van der Waals surface area (Å²) in [5, 5.41) is 27.8. The molecule has 0 fully saturated rings.